The lowest BCUT2D eigenvalue weighted by Crippen LogP contribution is -2.32. The van der Waals surface area contributed by atoms with E-state index in [1.165, 1.54) is 5.56 Å². The van der Waals surface area contributed by atoms with Crippen molar-refractivity contribution in [3.8, 4) is 11.5 Å². The van der Waals surface area contributed by atoms with E-state index in [0.717, 1.165) is 12.0 Å². The van der Waals surface area contributed by atoms with Crippen LogP contribution in [0.5, 0.6) is 11.5 Å². The van der Waals surface area contributed by atoms with Crippen LogP contribution >= 0.6 is 0 Å². The van der Waals surface area contributed by atoms with E-state index in [0.29, 0.717) is 17.9 Å². The van der Waals surface area contributed by atoms with E-state index >= 15 is 0 Å². The zero-order valence-corrected chi connectivity index (χ0v) is 16.3. The number of carbonyl (C=O) groups is 1. The van der Waals surface area contributed by atoms with Gasteiger partial charge in [-0.2, -0.15) is 0 Å². The number of anilines is 1. The molecule has 2 N–H and O–H groups in total. The van der Waals surface area contributed by atoms with Crippen LogP contribution in [-0.4, -0.2) is 17.1 Å². The van der Waals surface area contributed by atoms with Gasteiger partial charge in [0.25, 0.3) is 5.91 Å². The number of aryl methyl sites for hydroxylation is 1. The molecule has 4 heteroatoms. The van der Waals surface area contributed by atoms with Gasteiger partial charge < -0.3 is 15.2 Å². The van der Waals surface area contributed by atoms with Gasteiger partial charge in [0.1, 0.15) is 11.5 Å². The fourth-order valence-electron chi connectivity index (χ4n) is 2.64. The Morgan fingerprint density at radius 2 is 1.81 bits per heavy atom. The van der Waals surface area contributed by atoms with Crippen molar-refractivity contribution >= 4 is 11.6 Å². The van der Waals surface area contributed by atoms with Crippen LogP contribution in [0.25, 0.3) is 0 Å². The van der Waals surface area contributed by atoms with Gasteiger partial charge in [0.2, 0.25) is 0 Å². The van der Waals surface area contributed by atoms with Gasteiger partial charge in [-0.15, -0.1) is 0 Å². The first kappa shape index (κ1) is 19.8. The predicted molar refractivity (Wildman–Crippen MR) is 106 cm³/mol. The van der Waals surface area contributed by atoms with E-state index in [1.807, 2.05) is 32.0 Å². The standard InChI is InChI=1S/C22H29NO3/c1-6-20(21(25)23-18-13-8-15(3)14-19(18)24)26-17-11-9-16(10-12-17)22(4,5)7-2/h8-14,20,24H,6-7H2,1-5H3,(H,23,25). The Labute approximate surface area is 156 Å². The largest absolute Gasteiger partial charge is 0.506 e. The number of hydrogen-bond donors (Lipinski definition) is 2. The molecule has 0 heterocycles. The number of carbonyl (C=O) groups excluding carboxylic acids is 1. The minimum Gasteiger partial charge on any atom is -0.506 e. The van der Waals surface area contributed by atoms with Gasteiger partial charge in [0.05, 0.1) is 5.69 Å². The molecule has 2 aromatic carbocycles. The molecule has 2 aromatic rings. The fraction of sp³-hybridized carbons (Fsp3) is 0.409. The topological polar surface area (TPSA) is 58.6 Å². The van der Waals surface area contributed by atoms with Crippen LogP contribution in [0.1, 0.15) is 51.7 Å². The van der Waals surface area contributed by atoms with Crippen LogP contribution in [-0.2, 0) is 10.2 Å². The third-order valence-electron chi connectivity index (χ3n) is 4.87. The first-order valence-electron chi connectivity index (χ1n) is 9.14. The van der Waals surface area contributed by atoms with Crippen LogP contribution in [0.4, 0.5) is 5.69 Å². The molecular weight excluding hydrogens is 326 g/mol. The molecule has 0 radical (unpaired) electrons. The third-order valence-corrected chi connectivity index (χ3v) is 4.87. The lowest BCUT2D eigenvalue weighted by atomic mass is 9.82. The highest BCUT2D eigenvalue weighted by Crippen LogP contribution is 2.29. The molecule has 0 aliphatic carbocycles. The van der Waals surface area contributed by atoms with Crippen LogP contribution < -0.4 is 10.1 Å². The number of phenolic OH excluding ortho intramolecular Hbond substituents is 1. The minimum atomic E-state index is -0.624. The Balaban J connectivity index is 2.07. The number of hydrogen-bond acceptors (Lipinski definition) is 3. The van der Waals surface area contributed by atoms with Crippen LogP contribution in [0.15, 0.2) is 42.5 Å². The van der Waals surface area contributed by atoms with Gasteiger partial charge in [-0.05, 0) is 60.6 Å². The Kier molecular flexibility index (Phi) is 6.30. The maximum Gasteiger partial charge on any atom is 0.265 e. The summed E-state index contributed by atoms with van der Waals surface area (Å²) in [5.74, 6) is 0.444. The van der Waals surface area contributed by atoms with Gasteiger partial charge in [0.15, 0.2) is 6.10 Å². The number of amides is 1. The zero-order chi connectivity index (χ0) is 19.3. The summed E-state index contributed by atoms with van der Waals surface area (Å²) >= 11 is 0. The molecule has 26 heavy (non-hydrogen) atoms. The Morgan fingerprint density at radius 1 is 1.15 bits per heavy atom. The van der Waals surface area contributed by atoms with Crippen molar-refractivity contribution in [2.24, 2.45) is 0 Å². The molecule has 0 bridgehead atoms. The molecule has 0 fully saturated rings. The lowest BCUT2D eigenvalue weighted by Gasteiger charge is -2.24. The zero-order valence-electron chi connectivity index (χ0n) is 16.3. The number of nitrogens with one attached hydrogen (secondary N) is 1. The summed E-state index contributed by atoms with van der Waals surface area (Å²) in [5, 5.41) is 12.7. The summed E-state index contributed by atoms with van der Waals surface area (Å²) in [5.41, 5.74) is 2.68. The average molecular weight is 355 g/mol. The summed E-state index contributed by atoms with van der Waals surface area (Å²) in [6.45, 7) is 10.4. The highest BCUT2D eigenvalue weighted by molar-refractivity contribution is 5.95. The molecule has 0 saturated carbocycles. The molecule has 0 aromatic heterocycles. The summed E-state index contributed by atoms with van der Waals surface area (Å²) in [4.78, 5) is 12.5. The Bertz CT molecular complexity index is 750. The van der Waals surface area contributed by atoms with E-state index in [-0.39, 0.29) is 17.1 Å². The van der Waals surface area contributed by atoms with Gasteiger partial charge in [0, 0.05) is 0 Å². The van der Waals surface area contributed by atoms with Crippen molar-refractivity contribution in [1.29, 1.82) is 0 Å². The molecule has 0 aliphatic heterocycles. The molecule has 0 aliphatic rings. The molecular formula is C22H29NO3. The van der Waals surface area contributed by atoms with Crippen molar-refractivity contribution in [2.45, 2.75) is 59.0 Å². The van der Waals surface area contributed by atoms with E-state index < -0.39 is 6.10 Å². The van der Waals surface area contributed by atoms with E-state index in [1.54, 1.807) is 12.1 Å². The SMILES string of the molecule is CCC(Oc1ccc(C(C)(C)CC)cc1)C(=O)Nc1ccc(C)cc1O. The van der Waals surface area contributed by atoms with E-state index in [4.69, 9.17) is 4.74 Å². The molecule has 1 amide bonds. The highest BCUT2D eigenvalue weighted by atomic mass is 16.5. The Hall–Kier alpha value is -2.49. The van der Waals surface area contributed by atoms with Crippen molar-refractivity contribution in [3.05, 3.63) is 53.6 Å². The number of aromatic hydroxyl groups is 1. The molecule has 0 saturated heterocycles. The molecule has 4 nitrogen and oxygen atoms in total. The molecule has 1 unspecified atom stereocenters. The fourth-order valence-corrected chi connectivity index (χ4v) is 2.64. The second kappa shape index (κ2) is 8.26. The van der Waals surface area contributed by atoms with Crippen molar-refractivity contribution in [2.75, 3.05) is 5.32 Å². The van der Waals surface area contributed by atoms with Crippen molar-refractivity contribution in [1.82, 2.24) is 0 Å². The average Bonchev–Trinajstić information content (AvgIpc) is 2.62. The molecule has 2 rings (SSSR count). The lowest BCUT2D eigenvalue weighted by molar-refractivity contribution is -0.122. The number of phenols is 1. The summed E-state index contributed by atoms with van der Waals surface area (Å²) in [7, 11) is 0. The van der Waals surface area contributed by atoms with Crippen molar-refractivity contribution in [3.63, 3.8) is 0 Å². The predicted octanol–water partition coefficient (Wildman–Crippen LogP) is 5.18. The Morgan fingerprint density at radius 3 is 2.35 bits per heavy atom. The van der Waals surface area contributed by atoms with Crippen LogP contribution in [0.2, 0.25) is 0 Å². The number of ether oxygens (including phenoxy) is 1. The number of rotatable bonds is 7. The van der Waals surface area contributed by atoms with Gasteiger partial charge in [-0.25, -0.2) is 0 Å². The minimum absolute atomic E-state index is 0.0550. The van der Waals surface area contributed by atoms with Gasteiger partial charge >= 0.3 is 0 Å². The summed E-state index contributed by atoms with van der Waals surface area (Å²) < 4.78 is 5.87. The maximum absolute atomic E-state index is 12.5. The molecule has 140 valence electrons. The van der Waals surface area contributed by atoms with E-state index in [9.17, 15) is 9.90 Å². The first-order valence-corrected chi connectivity index (χ1v) is 9.14. The summed E-state index contributed by atoms with van der Waals surface area (Å²) in [6.07, 6.45) is 0.953. The maximum atomic E-state index is 12.5. The quantitative estimate of drug-likeness (QED) is 0.672. The smallest absolute Gasteiger partial charge is 0.265 e. The van der Waals surface area contributed by atoms with E-state index in [2.05, 4.69) is 38.2 Å². The second-order valence-electron chi connectivity index (χ2n) is 7.29. The van der Waals surface area contributed by atoms with Gasteiger partial charge in [-0.3, -0.25) is 4.79 Å². The monoisotopic (exact) mass is 355 g/mol. The van der Waals surface area contributed by atoms with Crippen LogP contribution in [0, 0.1) is 6.92 Å². The first-order chi connectivity index (χ1) is 12.3. The van der Waals surface area contributed by atoms with Gasteiger partial charge in [-0.1, -0.05) is 45.9 Å². The third kappa shape index (κ3) is 4.78. The normalized spacial score (nSPS) is 12.5. The van der Waals surface area contributed by atoms with Crippen LogP contribution in [0.3, 0.4) is 0 Å². The number of benzene rings is 2. The second-order valence-corrected chi connectivity index (χ2v) is 7.29. The molecule has 0 spiro atoms. The molecule has 1 atom stereocenters. The summed E-state index contributed by atoms with van der Waals surface area (Å²) in [6, 6.07) is 13.1. The highest BCUT2D eigenvalue weighted by Gasteiger charge is 2.21. The van der Waals surface area contributed by atoms with Crippen molar-refractivity contribution < 1.29 is 14.6 Å².